The molecule has 0 fully saturated rings. The molecule has 1 atom stereocenters. The van der Waals surface area contributed by atoms with Crippen LogP contribution in [-0.4, -0.2) is 21.1 Å². The van der Waals surface area contributed by atoms with Gasteiger partial charge in [-0.3, -0.25) is 0 Å². The normalized spacial score (nSPS) is 12.3. The fraction of sp³-hybridized carbons (Fsp3) is 0.235. The van der Waals surface area contributed by atoms with Gasteiger partial charge < -0.3 is 10.1 Å². The van der Waals surface area contributed by atoms with E-state index in [0.29, 0.717) is 17.9 Å². The number of ether oxygens (including phenoxy) is 1. The number of amides is 2. The quantitative estimate of drug-likeness (QED) is 0.823. The summed E-state index contributed by atoms with van der Waals surface area (Å²) >= 11 is 0. The predicted molar refractivity (Wildman–Crippen MR) is 91.3 cm³/mol. The van der Waals surface area contributed by atoms with Crippen LogP contribution in [0.3, 0.4) is 0 Å². The smallest absolute Gasteiger partial charge is 0.329 e. The third-order valence-electron chi connectivity index (χ3n) is 3.37. The number of benzene rings is 2. The van der Waals surface area contributed by atoms with Crippen molar-refractivity contribution in [2.75, 3.05) is 6.61 Å². The monoisotopic (exact) mass is 366 g/mol. The fourth-order valence-corrected chi connectivity index (χ4v) is 3.17. The molecule has 0 saturated carbocycles. The van der Waals surface area contributed by atoms with Gasteiger partial charge in [0.05, 0.1) is 17.5 Å². The lowest BCUT2D eigenvalue weighted by Crippen LogP contribution is -2.40. The zero-order valence-corrected chi connectivity index (χ0v) is 14.6. The van der Waals surface area contributed by atoms with Gasteiger partial charge in [0.15, 0.2) is 0 Å². The summed E-state index contributed by atoms with van der Waals surface area (Å²) in [6.45, 7) is 3.76. The van der Waals surface area contributed by atoms with Gasteiger partial charge in [0, 0.05) is 5.56 Å². The molecule has 0 aromatic heterocycles. The maximum atomic E-state index is 13.5. The Balaban J connectivity index is 2.12. The Labute approximate surface area is 146 Å². The third kappa shape index (κ3) is 4.93. The standard InChI is InChI=1S/C17H19FN2O4S/c1-3-24-16-10-9-13(18)11-15(16)12(2)19-17(21)20-25(22,23)14-7-5-4-6-8-14/h4-12H,3H2,1-2H3,(H2,19,20,21). The van der Waals surface area contributed by atoms with Gasteiger partial charge in [0.25, 0.3) is 10.0 Å². The maximum Gasteiger partial charge on any atom is 0.329 e. The Morgan fingerprint density at radius 2 is 1.88 bits per heavy atom. The average Bonchev–Trinajstić information content (AvgIpc) is 2.57. The molecular weight excluding hydrogens is 347 g/mol. The van der Waals surface area contributed by atoms with Crippen LogP contribution in [0.4, 0.5) is 9.18 Å². The first-order chi connectivity index (χ1) is 11.8. The lowest BCUT2D eigenvalue weighted by atomic mass is 10.1. The van der Waals surface area contributed by atoms with E-state index in [0.717, 1.165) is 0 Å². The second kappa shape index (κ2) is 7.98. The van der Waals surface area contributed by atoms with Crippen LogP contribution >= 0.6 is 0 Å². The summed E-state index contributed by atoms with van der Waals surface area (Å²) < 4.78 is 45.1. The van der Waals surface area contributed by atoms with E-state index < -0.39 is 27.9 Å². The SMILES string of the molecule is CCOc1ccc(F)cc1C(C)NC(=O)NS(=O)(=O)c1ccccc1. The van der Waals surface area contributed by atoms with Gasteiger partial charge in [-0.2, -0.15) is 0 Å². The van der Waals surface area contributed by atoms with Crippen molar-refractivity contribution in [3.63, 3.8) is 0 Å². The third-order valence-corrected chi connectivity index (χ3v) is 4.71. The first kappa shape index (κ1) is 18.7. The van der Waals surface area contributed by atoms with Crippen LogP contribution < -0.4 is 14.8 Å². The van der Waals surface area contributed by atoms with Crippen molar-refractivity contribution in [3.8, 4) is 5.75 Å². The highest BCUT2D eigenvalue weighted by Crippen LogP contribution is 2.26. The van der Waals surface area contributed by atoms with Gasteiger partial charge in [0.1, 0.15) is 11.6 Å². The van der Waals surface area contributed by atoms with Gasteiger partial charge in [-0.15, -0.1) is 0 Å². The van der Waals surface area contributed by atoms with Crippen molar-refractivity contribution in [1.82, 2.24) is 10.0 Å². The molecule has 2 rings (SSSR count). The highest BCUT2D eigenvalue weighted by Gasteiger charge is 2.20. The topological polar surface area (TPSA) is 84.5 Å². The lowest BCUT2D eigenvalue weighted by molar-refractivity contribution is 0.242. The molecule has 2 amide bonds. The second-order valence-corrected chi connectivity index (χ2v) is 6.91. The van der Waals surface area contributed by atoms with E-state index in [2.05, 4.69) is 5.32 Å². The summed E-state index contributed by atoms with van der Waals surface area (Å²) in [5, 5.41) is 2.47. The fourth-order valence-electron chi connectivity index (χ4n) is 2.23. The number of nitrogens with one attached hydrogen (secondary N) is 2. The number of carbonyl (C=O) groups excluding carboxylic acids is 1. The molecule has 25 heavy (non-hydrogen) atoms. The maximum absolute atomic E-state index is 13.5. The zero-order valence-electron chi connectivity index (χ0n) is 13.8. The molecule has 0 radical (unpaired) electrons. The van der Waals surface area contributed by atoms with Crippen molar-refractivity contribution < 1.29 is 22.3 Å². The Bertz CT molecular complexity index is 841. The predicted octanol–water partition coefficient (Wildman–Crippen LogP) is 2.97. The van der Waals surface area contributed by atoms with Crippen molar-refractivity contribution in [2.45, 2.75) is 24.8 Å². The molecule has 0 saturated heterocycles. The number of halogens is 1. The largest absolute Gasteiger partial charge is 0.494 e. The first-order valence-corrected chi connectivity index (χ1v) is 9.12. The minimum absolute atomic E-state index is 0.0291. The number of hydrogen-bond acceptors (Lipinski definition) is 4. The molecule has 2 aromatic rings. The molecule has 0 aliphatic heterocycles. The molecule has 6 nitrogen and oxygen atoms in total. The van der Waals surface area contributed by atoms with Gasteiger partial charge in [0.2, 0.25) is 0 Å². The van der Waals surface area contributed by atoms with E-state index in [4.69, 9.17) is 4.74 Å². The Morgan fingerprint density at radius 3 is 2.52 bits per heavy atom. The van der Waals surface area contributed by atoms with E-state index in [9.17, 15) is 17.6 Å². The molecule has 134 valence electrons. The van der Waals surface area contributed by atoms with Crippen LogP contribution in [-0.2, 0) is 10.0 Å². The van der Waals surface area contributed by atoms with E-state index in [1.165, 1.54) is 30.3 Å². The van der Waals surface area contributed by atoms with Crippen molar-refractivity contribution >= 4 is 16.1 Å². The number of urea groups is 1. The van der Waals surface area contributed by atoms with Crippen LogP contribution in [0, 0.1) is 5.82 Å². The molecular formula is C17H19FN2O4S. The number of hydrogen-bond donors (Lipinski definition) is 2. The molecule has 2 N–H and O–H groups in total. The van der Waals surface area contributed by atoms with E-state index in [1.54, 1.807) is 32.0 Å². The summed E-state index contributed by atoms with van der Waals surface area (Å²) in [5.74, 6) is -0.0629. The number of rotatable bonds is 6. The Kier molecular flexibility index (Phi) is 5.97. The Hall–Kier alpha value is -2.61. The zero-order chi connectivity index (χ0) is 18.4. The summed E-state index contributed by atoms with van der Waals surface area (Å²) in [6, 6.07) is 9.89. The molecule has 0 bridgehead atoms. The van der Waals surface area contributed by atoms with Gasteiger partial charge in [-0.05, 0) is 44.2 Å². The molecule has 8 heteroatoms. The first-order valence-electron chi connectivity index (χ1n) is 7.64. The van der Waals surface area contributed by atoms with Crippen molar-refractivity contribution in [3.05, 3.63) is 59.9 Å². The van der Waals surface area contributed by atoms with Gasteiger partial charge in [-0.25, -0.2) is 22.3 Å². The van der Waals surface area contributed by atoms with E-state index in [-0.39, 0.29) is 4.90 Å². The molecule has 0 spiro atoms. The van der Waals surface area contributed by atoms with E-state index in [1.807, 2.05) is 4.72 Å². The summed E-state index contributed by atoms with van der Waals surface area (Å²) in [6.07, 6.45) is 0. The minimum Gasteiger partial charge on any atom is -0.494 e. The second-order valence-electron chi connectivity index (χ2n) is 5.23. The van der Waals surface area contributed by atoms with Gasteiger partial charge in [-0.1, -0.05) is 18.2 Å². The van der Waals surface area contributed by atoms with Crippen LogP contribution in [0.2, 0.25) is 0 Å². The van der Waals surface area contributed by atoms with Crippen molar-refractivity contribution in [2.24, 2.45) is 0 Å². The van der Waals surface area contributed by atoms with Gasteiger partial charge >= 0.3 is 6.03 Å². The summed E-state index contributed by atoms with van der Waals surface area (Å²) in [7, 11) is -3.98. The van der Waals surface area contributed by atoms with Crippen LogP contribution in [0.15, 0.2) is 53.4 Å². The Morgan fingerprint density at radius 1 is 1.20 bits per heavy atom. The van der Waals surface area contributed by atoms with Crippen molar-refractivity contribution in [1.29, 1.82) is 0 Å². The summed E-state index contributed by atoms with van der Waals surface area (Å²) in [5.41, 5.74) is 0.411. The molecule has 0 aliphatic carbocycles. The molecule has 2 aromatic carbocycles. The van der Waals surface area contributed by atoms with Crippen LogP contribution in [0.5, 0.6) is 5.75 Å². The molecule has 0 aliphatic rings. The number of sulfonamides is 1. The minimum atomic E-state index is -3.98. The van der Waals surface area contributed by atoms with Crippen LogP contribution in [0.25, 0.3) is 0 Å². The average molecular weight is 366 g/mol. The lowest BCUT2D eigenvalue weighted by Gasteiger charge is -2.18. The highest BCUT2D eigenvalue weighted by molar-refractivity contribution is 7.90. The number of carbonyl (C=O) groups is 1. The van der Waals surface area contributed by atoms with E-state index >= 15 is 0 Å². The molecule has 0 heterocycles. The molecule has 1 unspecified atom stereocenters. The highest BCUT2D eigenvalue weighted by atomic mass is 32.2. The van der Waals surface area contributed by atoms with Crippen LogP contribution in [0.1, 0.15) is 25.5 Å². The summed E-state index contributed by atoms with van der Waals surface area (Å²) in [4.78, 5) is 12.0.